The van der Waals surface area contributed by atoms with E-state index in [1.54, 1.807) is 4.68 Å². The summed E-state index contributed by atoms with van der Waals surface area (Å²) in [4.78, 5) is 15.9. The molecule has 40 heavy (non-hydrogen) atoms. The number of aryl methyl sites for hydroxylation is 2. The van der Waals surface area contributed by atoms with E-state index in [1.807, 2.05) is 62.4 Å². The van der Waals surface area contributed by atoms with Crippen LogP contribution in [0.25, 0.3) is 22.3 Å². The lowest BCUT2D eigenvalue weighted by molar-refractivity contribution is 0.0938. The lowest BCUT2D eigenvalue weighted by Crippen LogP contribution is -2.27. The minimum absolute atomic E-state index is 0.115. The molecule has 8 heteroatoms. The average Bonchev–Trinajstić information content (AvgIpc) is 3.72. The number of benzene rings is 2. The summed E-state index contributed by atoms with van der Waals surface area (Å²) < 4.78 is 9.77. The minimum atomic E-state index is -0.220. The van der Waals surface area contributed by atoms with E-state index in [2.05, 4.69) is 58.7 Å². The first kappa shape index (κ1) is 27.6. The van der Waals surface area contributed by atoms with Crippen LogP contribution in [0.3, 0.4) is 0 Å². The molecule has 2 aromatic carbocycles. The number of aromatic nitrogens is 4. The van der Waals surface area contributed by atoms with Crippen molar-refractivity contribution in [1.29, 1.82) is 0 Å². The second-order valence-corrected chi connectivity index (χ2v) is 11.1. The summed E-state index contributed by atoms with van der Waals surface area (Å²) in [6.45, 7) is 12.0. The Morgan fingerprint density at radius 1 is 0.950 bits per heavy atom. The van der Waals surface area contributed by atoms with Gasteiger partial charge in [-0.15, -0.1) is 0 Å². The largest absolute Gasteiger partial charge is 0.492 e. The van der Waals surface area contributed by atoms with Crippen molar-refractivity contribution in [2.75, 3.05) is 26.2 Å². The summed E-state index contributed by atoms with van der Waals surface area (Å²) in [7, 11) is 1.91. The highest BCUT2D eigenvalue weighted by molar-refractivity contribution is 5.96. The van der Waals surface area contributed by atoms with Crippen molar-refractivity contribution >= 4 is 5.91 Å². The van der Waals surface area contributed by atoms with Gasteiger partial charge < -0.3 is 10.1 Å². The third-order valence-corrected chi connectivity index (χ3v) is 7.63. The van der Waals surface area contributed by atoms with Crippen molar-refractivity contribution in [3.8, 4) is 28.0 Å². The highest BCUT2D eigenvalue weighted by atomic mass is 16.5. The normalized spacial score (nSPS) is 14.6. The van der Waals surface area contributed by atoms with Crippen LogP contribution in [-0.2, 0) is 7.05 Å². The van der Waals surface area contributed by atoms with Gasteiger partial charge in [0.2, 0.25) is 0 Å². The van der Waals surface area contributed by atoms with Crippen LogP contribution in [0.1, 0.15) is 67.2 Å². The molecule has 0 saturated carbocycles. The fourth-order valence-corrected chi connectivity index (χ4v) is 5.17. The number of carbonyl (C=O) groups is 1. The molecule has 1 aliphatic rings. The van der Waals surface area contributed by atoms with E-state index >= 15 is 0 Å². The summed E-state index contributed by atoms with van der Waals surface area (Å²) in [5, 5.41) is 12.1. The van der Waals surface area contributed by atoms with Crippen molar-refractivity contribution in [1.82, 2.24) is 29.8 Å². The van der Waals surface area contributed by atoms with Gasteiger partial charge in [0.15, 0.2) is 0 Å². The van der Waals surface area contributed by atoms with Crippen molar-refractivity contribution in [2.24, 2.45) is 7.05 Å². The smallest absolute Gasteiger partial charge is 0.252 e. The number of nitrogens with one attached hydrogen (secondary N) is 1. The summed E-state index contributed by atoms with van der Waals surface area (Å²) >= 11 is 0. The molecule has 1 fully saturated rings. The van der Waals surface area contributed by atoms with E-state index < -0.39 is 0 Å². The highest BCUT2D eigenvalue weighted by Gasteiger charge is 2.18. The number of hydrogen-bond donors (Lipinski definition) is 1. The highest BCUT2D eigenvalue weighted by Crippen LogP contribution is 2.31. The standard InChI is InChI=1S/C32H40N6O2/c1-22(2)38-21-29(19-34-38)27-15-25(14-26(16-27)28-18-33-36(5)20-28)24(4)35-32(39)31-17-30(9-8-23(31)3)40-13-12-37-10-6-7-11-37/h8-9,14-22,24H,6-7,10-13H2,1-5H3,(H,35,39)/t24-/m1/s1. The number of rotatable bonds is 10. The van der Waals surface area contributed by atoms with Gasteiger partial charge in [0, 0.05) is 48.7 Å². The van der Waals surface area contributed by atoms with Crippen LogP contribution in [0, 0.1) is 6.92 Å². The molecule has 1 saturated heterocycles. The molecule has 0 bridgehead atoms. The van der Waals surface area contributed by atoms with Crippen molar-refractivity contribution in [3.05, 3.63) is 77.9 Å². The zero-order valence-corrected chi connectivity index (χ0v) is 24.2. The predicted octanol–water partition coefficient (Wildman–Crippen LogP) is 5.81. The Morgan fingerprint density at radius 2 is 1.65 bits per heavy atom. The molecule has 210 valence electrons. The molecule has 8 nitrogen and oxygen atoms in total. The topological polar surface area (TPSA) is 77.2 Å². The molecule has 0 aliphatic carbocycles. The Labute approximate surface area is 237 Å². The van der Waals surface area contributed by atoms with E-state index in [0.717, 1.165) is 58.8 Å². The monoisotopic (exact) mass is 540 g/mol. The number of amides is 1. The second kappa shape index (κ2) is 12.1. The Kier molecular flexibility index (Phi) is 8.35. The van der Waals surface area contributed by atoms with Crippen LogP contribution < -0.4 is 10.1 Å². The molecule has 2 aromatic heterocycles. The molecule has 0 spiro atoms. The van der Waals surface area contributed by atoms with E-state index in [1.165, 1.54) is 12.8 Å². The fraction of sp³-hybridized carbons (Fsp3) is 0.406. The van der Waals surface area contributed by atoms with Crippen LogP contribution in [0.15, 0.2) is 61.2 Å². The number of hydrogen-bond acceptors (Lipinski definition) is 5. The predicted molar refractivity (Wildman–Crippen MR) is 158 cm³/mol. The molecule has 5 rings (SSSR count). The lowest BCUT2D eigenvalue weighted by Gasteiger charge is -2.18. The maximum atomic E-state index is 13.5. The lowest BCUT2D eigenvalue weighted by atomic mass is 9.96. The molecular weight excluding hydrogens is 500 g/mol. The van der Waals surface area contributed by atoms with E-state index in [9.17, 15) is 4.79 Å². The Bertz CT molecular complexity index is 1460. The van der Waals surface area contributed by atoms with Gasteiger partial charge in [0.25, 0.3) is 5.91 Å². The first-order chi connectivity index (χ1) is 19.3. The summed E-state index contributed by atoms with van der Waals surface area (Å²) in [6, 6.07) is 12.2. The number of nitrogens with zero attached hydrogens (tertiary/aromatic N) is 5. The van der Waals surface area contributed by atoms with E-state index in [-0.39, 0.29) is 18.0 Å². The molecule has 1 aliphatic heterocycles. The van der Waals surface area contributed by atoms with Crippen molar-refractivity contribution in [2.45, 2.75) is 52.6 Å². The van der Waals surface area contributed by atoms with Crippen LogP contribution in [0.5, 0.6) is 5.75 Å². The van der Waals surface area contributed by atoms with Crippen LogP contribution in [-0.4, -0.2) is 56.6 Å². The molecule has 1 amide bonds. The Hall–Kier alpha value is -3.91. The van der Waals surface area contributed by atoms with Crippen LogP contribution in [0.2, 0.25) is 0 Å². The Balaban J connectivity index is 1.36. The van der Waals surface area contributed by atoms with Crippen molar-refractivity contribution in [3.63, 3.8) is 0 Å². The second-order valence-electron chi connectivity index (χ2n) is 11.1. The number of carbonyl (C=O) groups excluding carboxylic acids is 1. The minimum Gasteiger partial charge on any atom is -0.492 e. The summed E-state index contributed by atoms with van der Waals surface area (Å²) in [5.74, 6) is 0.613. The van der Waals surface area contributed by atoms with E-state index in [4.69, 9.17) is 4.74 Å². The number of likely N-dealkylation sites (tertiary alicyclic amines) is 1. The fourth-order valence-electron chi connectivity index (χ4n) is 5.17. The first-order valence-corrected chi connectivity index (χ1v) is 14.2. The molecule has 4 aromatic rings. The maximum absolute atomic E-state index is 13.5. The third kappa shape index (κ3) is 6.45. The molecule has 0 unspecified atom stereocenters. The Morgan fingerprint density at radius 3 is 2.30 bits per heavy atom. The SMILES string of the molecule is Cc1ccc(OCCN2CCCC2)cc1C(=O)N[C@H](C)c1cc(-c2cnn(C)c2)cc(-c2cnn(C(C)C)c2)c1. The van der Waals surface area contributed by atoms with Gasteiger partial charge in [-0.3, -0.25) is 19.1 Å². The van der Waals surface area contributed by atoms with Gasteiger partial charge in [-0.25, -0.2) is 0 Å². The molecule has 0 radical (unpaired) electrons. The summed E-state index contributed by atoms with van der Waals surface area (Å²) in [5.41, 5.74) is 6.72. The van der Waals surface area contributed by atoms with Crippen LogP contribution >= 0.6 is 0 Å². The number of ether oxygens (including phenoxy) is 1. The molecule has 3 heterocycles. The third-order valence-electron chi connectivity index (χ3n) is 7.63. The van der Waals surface area contributed by atoms with Gasteiger partial charge in [0.05, 0.1) is 18.4 Å². The average molecular weight is 541 g/mol. The molecule has 1 atom stereocenters. The molecule has 1 N–H and O–H groups in total. The van der Waals surface area contributed by atoms with Crippen LogP contribution in [0.4, 0.5) is 0 Å². The van der Waals surface area contributed by atoms with Crippen molar-refractivity contribution < 1.29 is 9.53 Å². The quantitative estimate of drug-likeness (QED) is 0.275. The van der Waals surface area contributed by atoms with E-state index in [0.29, 0.717) is 12.2 Å². The maximum Gasteiger partial charge on any atom is 0.252 e. The van der Waals surface area contributed by atoms with Gasteiger partial charge in [0.1, 0.15) is 12.4 Å². The van der Waals surface area contributed by atoms with Gasteiger partial charge in [-0.05, 0) is 106 Å². The van der Waals surface area contributed by atoms with Gasteiger partial charge in [-0.2, -0.15) is 10.2 Å². The first-order valence-electron chi connectivity index (χ1n) is 14.2. The zero-order valence-electron chi connectivity index (χ0n) is 24.2. The zero-order chi connectivity index (χ0) is 28.2. The summed E-state index contributed by atoms with van der Waals surface area (Å²) in [6.07, 6.45) is 10.4. The van der Waals surface area contributed by atoms with Gasteiger partial charge >= 0.3 is 0 Å². The van der Waals surface area contributed by atoms with Gasteiger partial charge in [-0.1, -0.05) is 6.07 Å². The molecular formula is C32H40N6O2.